The van der Waals surface area contributed by atoms with Crippen LogP contribution in [0.25, 0.3) is 0 Å². The monoisotopic (exact) mass is 262 g/mol. The van der Waals surface area contributed by atoms with Crippen LogP contribution < -0.4 is 0 Å². The fraction of sp³-hybridized carbons (Fsp3) is 0.706. The lowest BCUT2D eigenvalue weighted by Crippen LogP contribution is -2.20. The molecule has 19 heavy (non-hydrogen) atoms. The average Bonchev–Trinajstić information content (AvgIpc) is 2.83. The summed E-state index contributed by atoms with van der Waals surface area (Å²) < 4.78 is 5.49. The van der Waals surface area contributed by atoms with Gasteiger partial charge in [-0.15, -0.1) is 0 Å². The highest BCUT2D eigenvalue weighted by Crippen LogP contribution is 2.29. The second-order valence-corrected chi connectivity index (χ2v) is 6.31. The third kappa shape index (κ3) is 4.04. The zero-order chi connectivity index (χ0) is 13.8. The first-order chi connectivity index (χ1) is 9.06. The first-order valence-electron chi connectivity index (χ1n) is 7.56. The molecule has 2 aliphatic rings. The van der Waals surface area contributed by atoms with E-state index in [0.29, 0.717) is 11.8 Å². The van der Waals surface area contributed by atoms with Crippen molar-refractivity contribution in [1.29, 1.82) is 0 Å². The molecule has 1 saturated heterocycles. The van der Waals surface area contributed by atoms with Crippen molar-refractivity contribution < 1.29 is 9.53 Å². The summed E-state index contributed by atoms with van der Waals surface area (Å²) in [4.78, 5) is 12.2. The van der Waals surface area contributed by atoms with Crippen LogP contribution in [-0.4, -0.2) is 18.5 Å². The molecule has 0 saturated carbocycles. The number of carbonyl (C=O) groups excluding carboxylic acids is 1. The number of carbonyl (C=O) groups is 1. The maximum atomic E-state index is 12.2. The Morgan fingerprint density at radius 3 is 2.95 bits per heavy atom. The third-order valence-corrected chi connectivity index (χ3v) is 4.24. The molecule has 2 heteroatoms. The topological polar surface area (TPSA) is 26.3 Å². The SMILES string of the molecule is CC1=CCC(C=C(C)C(=O)C2CCCO2)CC(C)C1. The van der Waals surface area contributed by atoms with Crippen LogP contribution in [0.3, 0.4) is 0 Å². The quantitative estimate of drug-likeness (QED) is 0.566. The highest BCUT2D eigenvalue weighted by Gasteiger charge is 2.25. The van der Waals surface area contributed by atoms with Crippen molar-refractivity contribution in [2.45, 2.75) is 59.0 Å². The summed E-state index contributed by atoms with van der Waals surface area (Å²) in [5, 5.41) is 0. The molecule has 0 radical (unpaired) electrons. The van der Waals surface area contributed by atoms with E-state index in [1.165, 1.54) is 18.4 Å². The van der Waals surface area contributed by atoms with Crippen molar-refractivity contribution in [2.75, 3.05) is 6.61 Å². The van der Waals surface area contributed by atoms with Crippen molar-refractivity contribution in [2.24, 2.45) is 11.8 Å². The smallest absolute Gasteiger partial charge is 0.186 e. The molecule has 0 N–H and O–H groups in total. The van der Waals surface area contributed by atoms with E-state index in [1.54, 1.807) is 0 Å². The summed E-state index contributed by atoms with van der Waals surface area (Å²) in [7, 11) is 0. The molecular formula is C17H26O2. The van der Waals surface area contributed by atoms with Gasteiger partial charge in [-0.2, -0.15) is 0 Å². The van der Waals surface area contributed by atoms with E-state index in [9.17, 15) is 4.79 Å². The van der Waals surface area contributed by atoms with Gasteiger partial charge in [0.05, 0.1) is 0 Å². The maximum absolute atomic E-state index is 12.2. The molecule has 0 amide bonds. The van der Waals surface area contributed by atoms with E-state index in [2.05, 4.69) is 26.0 Å². The van der Waals surface area contributed by atoms with Gasteiger partial charge in [-0.1, -0.05) is 24.6 Å². The molecule has 1 heterocycles. The molecule has 0 aromatic rings. The molecule has 1 fully saturated rings. The highest BCUT2D eigenvalue weighted by molar-refractivity contribution is 5.98. The number of allylic oxidation sites excluding steroid dienone is 3. The molecule has 0 bridgehead atoms. The Balaban J connectivity index is 2.00. The van der Waals surface area contributed by atoms with Crippen molar-refractivity contribution in [3.05, 3.63) is 23.3 Å². The number of hydrogen-bond donors (Lipinski definition) is 0. The first-order valence-corrected chi connectivity index (χ1v) is 7.56. The third-order valence-electron chi connectivity index (χ3n) is 4.24. The van der Waals surface area contributed by atoms with Crippen molar-refractivity contribution in [3.8, 4) is 0 Å². The largest absolute Gasteiger partial charge is 0.370 e. The van der Waals surface area contributed by atoms with Gasteiger partial charge in [-0.05, 0) is 63.4 Å². The van der Waals surface area contributed by atoms with Crippen LogP contribution in [0.2, 0.25) is 0 Å². The molecule has 2 rings (SSSR count). The van der Waals surface area contributed by atoms with Crippen molar-refractivity contribution in [3.63, 3.8) is 0 Å². The Labute approximate surface area is 116 Å². The van der Waals surface area contributed by atoms with E-state index < -0.39 is 0 Å². The summed E-state index contributed by atoms with van der Waals surface area (Å²) in [5.74, 6) is 1.43. The maximum Gasteiger partial charge on any atom is 0.186 e. The van der Waals surface area contributed by atoms with Crippen LogP contribution in [0.15, 0.2) is 23.3 Å². The summed E-state index contributed by atoms with van der Waals surface area (Å²) in [6, 6.07) is 0. The standard InChI is InChI=1S/C17H26O2/c1-12-6-7-15(10-13(2)9-12)11-14(3)17(18)16-5-4-8-19-16/h6,11,13,15-16H,4-5,7-10H2,1-3H3. The Morgan fingerprint density at radius 2 is 2.26 bits per heavy atom. The van der Waals surface area contributed by atoms with E-state index in [4.69, 9.17) is 4.74 Å². The van der Waals surface area contributed by atoms with Gasteiger partial charge in [0.25, 0.3) is 0 Å². The minimum atomic E-state index is -0.170. The van der Waals surface area contributed by atoms with Crippen LogP contribution >= 0.6 is 0 Å². The van der Waals surface area contributed by atoms with E-state index >= 15 is 0 Å². The number of rotatable bonds is 3. The van der Waals surface area contributed by atoms with Gasteiger partial charge in [-0.25, -0.2) is 0 Å². The molecule has 3 atom stereocenters. The molecule has 106 valence electrons. The minimum Gasteiger partial charge on any atom is -0.370 e. The second-order valence-electron chi connectivity index (χ2n) is 6.31. The number of hydrogen-bond acceptors (Lipinski definition) is 2. The van der Waals surface area contributed by atoms with Crippen LogP contribution in [0.5, 0.6) is 0 Å². The van der Waals surface area contributed by atoms with E-state index in [-0.39, 0.29) is 11.9 Å². The molecular weight excluding hydrogens is 236 g/mol. The summed E-state index contributed by atoms with van der Waals surface area (Å²) in [6.45, 7) is 7.22. The van der Waals surface area contributed by atoms with Crippen LogP contribution in [0, 0.1) is 11.8 Å². The summed E-state index contributed by atoms with van der Waals surface area (Å²) in [6.07, 6.45) is 9.73. The van der Waals surface area contributed by atoms with Gasteiger partial charge in [0, 0.05) is 6.61 Å². The van der Waals surface area contributed by atoms with E-state index in [0.717, 1.165) is 31.4 Å². The van der Waals surface area contributed by atoms with Crippen LogP contribution in [0.1, 0.15) is 52.9 Å². The summed E-state index contributed by atoms with van der Waals surface area (Å²) in [5.41, 5.74) is 2.39. The average molecular weight is 262 g/mol. The van der Waals surface area contributed by atoms with Gasteiger partial charge < -0.3 is 4.74 Å². The van der Waals surface area contributed by atoms with E-state index in [1.807, 2.05) is 6.92 Å². The van der Waals surface area contributed by atoms with Crippen molar-refractivity contribution in [1.82, 2.24) is 0 Å². The zero-order valence-electron chi connectivity index (χ0n) is 12.4. The lowest BCUT2D eigenvalue weighted by molar-refractivity contribution is -0.124. The fourth-order valence-electron chi connectivity index (χ4n) is 3.29. The Morgan fingerprint density at radius 1 is 1.47 bits per heavy atom. The first kappa shape index (κ1) is 14.5. The predicted molar refractivity (Wildman–Crippen MR) is 78.0 cm³/mol. The van der Waals surface area contributed by atoms with Crippen LogP contribution in [0.4, 0.5) is 0 Å². The lowest BCUT2D eigenvalue weighted by atomic mass is 9.91. The van der Waals surface area contributed by atoms with Gasteiger partial charge >= 0.3 is 0 Å². The van der Waals surface area contributed by atoms with Crippen molar-refractivity contribution >= 4 is 5.78 Å². The molecule has 1 aliphatic heterocycles. The lowest BCUT2D eigenvalue weighted by Gasteiger charge is -2.15. The zero-order valence-corrected chi connectivity index (χ0v) is 12.4. The van der Waals surface area contributed by atoms with Gasteiger partial charge in [0.2, 0.25) is 0 Å². The Bertz CT molecular complexity index is 386. The fourth-order valence-corrected chi connectivity index (χ4v) is 3.29. The molecule has 1 aliphatic carbocycles. The molecule has 0 spiro atoms. The summed E-state index contributed by atoms with van der Waals surface area (Å²) >= 11 is 0. The van der Waals surface area contributed by atoms with Gasteiger partial charge in [0.1, 0.15) is 6.10 Å². The molecule has 0 aromatic carbocycles. The predicted octanol–water partition coefficient (Wildman–Crippen LogP) is 4.06. The van der Waals surface area contributed by atoms with Gasteiger partial charge in [-0.3, -0.25) is 4.79 Å². The van der Waals surface area contributed by atoms with Crippen LogP contribution in [-0.2, 0) is 9.53 Å². The normalized spacial score (nSPS) is 32.9. The number of Topliss-reactive ketones (excluding diaryl/α,β-unsaturated/α-hetero) is 1. The Hall–Kier alpha value is -0.890. The number of ketones is 1. The highest BCUT2D eigenvalue weighted by atomic mass is 16.5. The second kappa shape index (κ2) is 6.51. The Kier molecular flexibility index (Phi) is 4.98. The minimum absolute atomic E-state index is 0.170. The molecule has 3 unspecified atom stereocenters. The molecule has 2 nitrogen and oxygen atoms in total. The number of ether oxygens (including phenoxy) is 1. The molecule has 0 aromatic heterocycles. The van der Waals surface area contributed by atoms with Gasteiger partial charge in [0.15, 0.2) is 5.78 Å².